The zero-order valence-electron chi connectivity index (χ0n) is 49.3. The first-order chi connectivity index (χ1) is 39.5. The quantitative estimate of drug-likeness (QED) is 0.0326. The summed E-state index contributed by atoms with van der Waals surface area (Å²) in [4.78, 5) is 19.3. The van der Waals surface area contributed by atoms with Gasteiger partial charge in [0.25, 0.3) is 0 Å². The van der Waals surface area contributed by atoms with Gasteiger partial charge < -0.3 is 9.97 Å². The molecule has 80 heavy (non-hydrogen) atoms. The molecule has 418 valence electrons. The minimum Gasteiger partial charge on any atom is -0.354 e. The molecule has 0 radical (unpaired) electrons. The fraction of sp³-hybridized carbons (Fsp3) is 0.444. The molecule has 9 heterocycles. The van der Waals surface area contributed by atoms with E-state index in [9.17, 15) is 0 Å². The Balaban J connectivity index is 1.20. The topological polar surface area (TPSA) is 72.9 Å². The van der Waals surface area contributed by atoms with Gasteiger partial charge in [-0.05, 0) is 96.5 Å². The first-order valence-electron chi connectivity index (χ1n) is 31.7. The van der Waals surface area contributed by atoms with Crippen LogP contribution in [0.4, 0.5) is 0 Å². The standard InChI is InChI=1S/C72H93N8/c1-5-9-13-17-21-25-45-77-49-37-57(38-50-77)69-61-29-31-63(73-61)70(58-39-51-78(52-40-58)46-26-22-18-14-10-6-2)65-33-35-67(75-65)72(60-43-55-80(56-44-60)48-28-24-20-16-12-8-4)68-36-34-66(76-68)71(64-32-30-62(69)74-64)59-41-53-79(54-42-59)47-27-23-19-15-11-7-3/h29-44,49-56H,5-28,45-48H2,1-4H3,(H,73,74,75,76)/q+3/p+1. The Morgan fingerprint density at radius 3 is 0.675 bits per heavy atom. The summed E-state index contributed by atoms with van der Waals surface area (Å²) in [7, 11) is 0. The molecule has 7 aromatic rings. The molecule has 0 saturated heterocycles. The monoisotopic (exact) mass is 1070 g/mol. The van der Waals surface area contributed by atoms with Crippen LogP contribution in [-0.4, -0.2) is 19.9 Å². The Morgan fingerprint density at radius 2 is 0.463 bits per heavy atom. The van der Waals surface area contributed by atoms with Crippen LogP contribution < -0.4 is 18.3 Å². The van der Waals surface area contributed by atoms with Gasteiger partial charge in [0.2, 0.25) is 0 Å². The Labute approximate surface area is 479 Å². The van der Waals surface area contributed by atoms with Crippen molar-refractivity contribution in [3.8, 4) is 44.5 Å². The summed E-state index contributed by atoms with van der Waals surface area (Å²) in [6.45, 7) is 13.2. The molecule has 8 heteroatoms. The summed E-state index contributed by atoms with van der Waals surface area (Å²) in [5.74, 6) is 0. The Morgan fingerprint density at radius 1 is 0.263 bits per heavy atom. The zero-order chi connectivity index (χ0) is 55.1. The van der Waals surface area contributed by atoms with E-state index >= 15 is 0 Å². The van der Waals surface area contributed by atoms with E-state index in [0.29, 0.717) is 0 Å². The van der Waals surface area contributed by atoms with Gasteiger partial charge in [0.05, 0.1) is 22.8 Å². The van der Waals surface area contributed by atoms with Crippen molar-refractivity contribution in [2.45, 2.75) is 208 Å². The molecule has 0 spiro atoms. The number of H-pyrrole nitrogens is 2. The number of unbranched alkanes of at least 4 members (excludes halogenated alkanes) is 20. The van der Waals surface area contributed by atoms with Crippen LogP contribution >= 0.6 is 0 Å². The molecule has 0 unspecified atom stereocenters. The van der Waals surface area contributed by atoms with Crippen LogP contribution in [0.25, 0.3) is 90.9 Å². The van der Waals surface area contributed by atoms with E-state index in [2.05, 4.69) is 203 Å². The van der Waals surface area contributed by atoms with E-state index in [4.69, 9.17) is 9.97 Å². The third-order valence-corrected chi connectivity index (χ3v) is 16.6. The molecular formula is C72H94N8+4. The first-order valence-corrected chi connectivity index (χ1v) is 31.7. The van der Waals surface area contributed by atoms with Gasteiger partial charge in [-0.3, -0.25) is 0 Å². The lowest BCUT2D eigenvalue weighted by Crippen LogP contribution is -2.32. The van der Waals surface area contributed by atoms with E-state index < -0.39 is 0 Å². The summed E-state index contributed by atoms with van der Waals surface area (Å²) in [6.07, 6.45) is 57.8. The lowest BCUT2D eigenvalue weighted by molar-refractivity contribution is -0.697. The highest BCUT2D eigenvalue weighted by atomic mass is 14.9. The maximum Gasteiger partial charge on any atom is 0.169 e. The summed E-state index contributed by atoms with van der Waals surface area (Å²) in [6, 6.07) is 27.3. The molecule has 0 saturated carbocycles. The SMILES string of the molecule is CCCCCCCC[n+]1ccc(-c2c3nc(c(-c4cc[n+](CCCCCCCC)cc4)c4ccc([nH]4)c(-c4cc[n+](CCCCCCCC)cc4)c4nc(c(-c5cc[n+](CCCCCCCC)cc5)c5ccc2[nH]5)C=C4)C=C3)cc1. The second-order valence-electron chi connectivity index (χ2n) is 22.9. The number of hydrogen-bond donors (Lipinski definition) is 2. The lowest BCUT2D eigenvalue weighted by Gasteiger charge is -2.07. The van der Waals surface area contributed by atoms with Crippen LogP contribution in [0.2, 0.25) is 0 Å². The van der Waals surface area contributed by atoms with Crippen molar-refractivity contribution in [1.82, 2.24) is 19.9 Å². The number of pyridine rings is 4. The van der Waals surface area contributed by atoms with Crippen LogP contribution in [0.5, 0.6) is 0 Å². The Bertz CT molecular complexity index is 2820. The van der Waals surface area contributed by atoms with Crippen molar-refractivity contribution in [3.05, 3.63) is 145 Å². The van der Waals surface area contributed by atoms with Crippen LogP contribution in [0.3, 0.4) is 0 Å². The molecule has 8 bridgehead atoms. The molecule has 9 rings (SSSR count). The second kappa shape index (κ2) is 30.7. The minimum absolute atomic E-state index is 0.934. The molecule has 0 amide bonds. The molecule has 2 aliphatic rings. The van der Waals surface area contributed by atoms with Crippen molar-refractivity contribution in [2.75, 3.05) is 0 Å². The molecular weight excluding hydrogens is 977 g/mol. The average Bonchev–Trinajstić information content (AvgIpc) is 4.38. The zero-order valence-corrected chi connectivity index (χ0v) is 49.3. The van der Waals surface area contributed by atoms with Gasteiger partial charge in [0, 0.05) is 119 Å². The molecule has 2 aliphatic heterocycles. The largest absolute Gasteiger partial charge is 0.354 e. The molecule has 2 N–H and O–H groups in total. The number of nitrogens with one attached hydrogen (secondary N) is 2. The third kappa shape index (κ3) is 15.8. The molecule has 0 aliphatic carbocycles. The van der Waals surface area contributed by atoms with Gasteiger partial charge in [-0.15, -0.1) is 0 Å². The number of rotatable bonds is 32. The summed E-state index contributed by atoms with van der Waals surface area (Å²) in [5.41, 5.74) is 16.6. The first kappa shape index (κ1) is 57.9. The van der Waals surface area contributed by atoms with Crippen molar-refractivity contribution in [1.29, 1.82) is 0 Å². The number of nitrogens with zero attached hydrogens (tertiary/aromatic N) is 6. The van der Waals surface area contributed by atoms with E-state index in [-0.39, 0.29) is 0 Å². The minimum atomic E-state index is 0.934. The van der Waals surface area contributed by atoms with E-state index in [1.54, 1.807) is 0 Å². The third-order valence-electron chi connectivity index (χ3n) is 16.6. The van der Waals surface area contributed by atoms with E-state index in [0.717, 1.165) is 116 Å². The molecule has 8 nitrogen and oxygen atoms in total. The molecule has 0 fully saturated rings. The normalized spacial score (nSPS) is 12.1. The predicted molar refractivity (Wildman–Crippen MR) is 335 cm³/mol. The van der Waals surface area contributed by atoms with Gasteiger partial charge >= 0.3 is 0 Å². The van der Waals surface area contributed by atoms with E-state index in [1.165, 1.54) is 154 Å². The lowest BCUT2D eigenvalue weighted by atomic mass is 10.0. The van der Waals surface area contributed by atoms with Gasteiger partial charge in [-0.2, -0.15) is 0 Å². The summed E-state index contributed by atoms with van der Waals surface area (Å²) < 4.78 is 9.39. The van der Waals surface area contributed by atoms with Crippen molar-refractivity contribution in [2.24, 2.45) is 0 Å². The highest BCUT2D eigenvalue weighted by Crippen LogP contribution is 2.38. The van der Waals surface area contributed by atoms with Crippen molar-refractivity contribution >= 4 is 46.4 Å². The number of aromatic amines is 2. The van der Waals surface area contributed by atoms with Gasteiger partial charge in [0.1, 0.15) is 26.2 Å². The highest BCUT2D eigenvalue weighted by Gasteiger charge is 2.21. The van der Waals surface area contributed by atoms with E-state index in [1.807, 2.05) is 0 Å². The molecule has 7 aromatic heterocycles. The van der Waals surface area contributed by atoms with Crippen LogP contribution in [0, 0.1) is 0 Å². The fourth-order valence-electron chi connectivity index (χ4n) is 11.8. The van der Waals surface area contributed by atoms with Crippen LogP contribution in [0.15, 0.2) is 122 Å². The molecule has 0 atom stereocenters. The average molecular weight is 1070 g/mol. The number of hydrogen-bond acceptors (Lipinski definition) is 2. The maximum atomic E-state index is 5.65. The summed E-state index contributed by atoms with van der Waals surface area (Å²) >= 11 is 0. The number of fused-ring (bicyclic) bond motifs is 8. The van der Waals surface area contributed by atoms with Gasteiger partial charge in [-0.1, -0.05) is 130 Å². The van der Waals surface area contributed by atoms with Gasteiger partial charge in [-0.25, -0.2) is 28.2 Å². The van der Waals surface area contributed by atoms with Crippen molar-refractivity contribution in [3.63, 3.8) is 0 Å². The molecule has 0 aromatic carbocycles. The Hall–Kier alpha value is -6.80. The van der Waals surface area contributed by atoms with Crippen molar-refractivity contribution < 1.29 is 18.3 Å². The van der Waals surface area contributed by atoms with Gasteiger partial charge in [0.15, 0.2) is 49.6 Å². The highest BCUT2D eigenvalue weighted by molar-refractivity contribution is 5.99. The van der Waals surface area contributed by atoms with Crippen LogP contribution in [-0.2, 0) is 26.2 Å². The predicted octanol–water partition coefficient (Wildman–Crippen LogP) is 17.9. The number of aromatic nitrogens is 8. The second-order valence-corrected chi connectivity index (χ2v) is 22.9. The number of aryl methyl sites for hydroxylation is 4. The fourth-order valence-corrected chi connectivity index (χ4v) is 11.8. The maximum absolute atomic E-state index is 5.65. The Kier molecular flexibility index (Phi) is 22.2. The summed E-state index contributed by atoms with van der Waals surface area (Å²) in [5, 5.41) is 0. The van der Waals surface area contributed by atoms with Crippen LogP contribution in [0.1, 0.15) is 205 Å². The smallest absolute Gasteiger partial charge is 0.169 e.